The van der Waals surface area contributed by atoms with Crippen LogP contribution < -0.4 is 4.90 Å². The third-order valence-corrected chi connectivity index (χ3v) is 5.97. The normalized spacial score (nSPS) is 20.0. The van der Waals surface area contributed by atoms with Gasteiger partial charge in [0.2, 0.25) is 5.76 Å². The lowest BCUT2D eigenvalue weighted by Gasteiger charge is -2.33. The molecule has 0 aliphatic carbocycles. The van der Waals surface area contributed by atoms with Gasteiger partial charge in [-0.3, -0.25) is 4.79 Å². The Morgan fingerprint density at radius 3 is 2.66 bits per heavy atom. The van der Waals surface area contributed by atoms with Gasteiger partial charge in [0, 0.05) is 43.5 Å². The minimum Gasteiger partial charge on any atom is -0.356 e. The first-order valence-corrected chi connectivity index (χ1v) is 10.5. The van der Waals surface area contributed by atoms with E-state index in [0.717, 1.165) is 55.1 Å². The number of hydrogen-bond donors (Lipinski definition) is 0. The average molecular weight is 394 g/mol. The van der Waals surface area contributed by atoms with Gasteiger partial charge in [-0.05, 0) is 46.0 Å². The number of nitrogens with zero attached hydrogens (tertiary/aromatic N) is 6. The van der Waals surface area contributed by atoms with E-state index in [-0.39, 0.29) is 11.9 Å². The summed E-state index contributed by atoms with van der Waals surface area (Å²) in [4.78, 5) is 22.2. The van der Waals surface area contributed by atoms with E-state index >= 15 is 0 Å². The standard InChI is InChI=1S/C21H26N6O2/c1-14-13-27-19(22-20(14)25-8-5-6-9-25)12-16(23-27)17-7-3-4-10-26(17)21(28)18-11-15(2)24-29-18/h11-13,17H,3-10H2,1-2H3. The largest absolute Gasteiger partial charge is 0.356 e. The summed E-state index contributed by atoms with van der Waals surface area (Å²) < 4.78 is 7.07. The van der Waals surface area contributed by atoms with E-state index < -0.39 is 0 Å². The zero-order chi connectivity index (χ0) is 20.0. The van der Waals surface area contributed by atoms with E-state index in [9.17, 15) is 4.79 Å². The summed E-state index contributed by atoms with van der Waals surface area (Å²) in [5.74, 6) is 1.23. The number of rotatable bonds is 3. The van der Waals surface area contributed by atoms with Crippen LogP contribution in [0, 0.1) is 13.8 Å². The molecule has 2 fully saturated rings. The van der Waals surface area contributed by atoms with Gasteiger partial charge in [-0.2, -0.15) is 5.10 Å². The van der Waals surface area contributed by atoms with Gasteiger partial charge in [-0.25, -0.2) is 9.50 Å². The molecule has 8 nitrogen and oxygen atoms in total. The Bertz CT molecular complexity index is 1050. The average Bonchev–Trinajstić information content (AvgIpc) is 3.47. The van der Waals surface area contributed by atoms with Gasteiger partial charge in [-0.1, -0.05) is 5.16 Å². The molecule has 5 heterocycles. The lowest BCUT2D eigenvalue weighted by atomic mass is 9.99. The molecule has 0 bridgehead atoms. The van der Waals surface area contributed by atoms with Crippen LogP contribution in [-0.4, -0.2) is 50.2 Å². The fourth-order valence-corrected chi connectivity index (χ4v) is 4.52. The van der Waals surface area contributed by atoms with Crippen molar-refractivity contribution in [1.29, 1.82) is 0 Å². The smallest absolute Gasteiger partial charge is 0.293 e. The molecule has 152 valence electrons. The van der Waals surface area contributed by atoms with Crippen molar-refractivity contribution >= 4 is 17.4 Å². The number of anilines is 1. The molecule has 3 aromatic rings. The topological polar surface area (TPSA) is 79.8 Å². The number of aryl methyl sites for hydroxylation is 2. The number of fused-ring (bicyclic) bond motifs is 1. The van der Waals surface area contributed by atoms with Crippen LogP contribution in [-0.2, 0) is 0 Å². The molecule has 29 heavy (non-hydrogen) atoms. The zero-order valence-electron chi connectivity index (χ0n) is 17.0. The van der Waals surface area contributed by atoms with Crippen LogP contribution in [0.25, 0.3) is 5.65 Å². The first-order chi connectivity index (χ1) is 14.1. The molecule has 1 atom stereocenters. The first-order valence-electron chi connectivity index (χ1n) is 10.5. The zero-order valence-corrected chi connectivity index (χ0v) is 17.0. The van der Waals surface area contributed by atoms with Gasteiger partial charge in [0.1, 0.15) is 5.82 Å². The van der Waals surface area contributed by atoms with E-state index in [0.29, 0.717) is 18.0 Å². The molecule has 0 saturated carbocycles. The van der Waals surface area contributed by atoms with Crippen molar-refractivity contribution in [3.63, 3.8) is 0 Å². The molecule has 1 unspecified atom stereocenters. The van der Waals surface area contributed by atoms with Gasteiger partial charge in [-0.15, -0.1) is 0 Å². The van der Waals surface area contributed by atoms with Crippen LogP contribution in [0.15, 0.2) is 22.9 Å². The predicted molar refractivity (Wildman–Crippen MR) is 108 cm³/mol. The van der Waals surface area contributed by atoms with Crippen molar-refractivity contribution in [1.82, 2.24) is 24.7 Å². The maximum Gasteiger partial charge on any atom is 0.293 e. The van der Waals surface area contributed by atoms with Crippen LogP contribution >= 0.6 is 0 Å². The lowest BCUT2D eigenvalue weighted by Crippen LogP contribution is -2.38. The molecule has 0 aromatic carbocycles. The van der Waals surface area contributed by atoms with Gasteiger partial charge < -0.3 is 14.3 Å². The quantitative estimate of drug-likeness (QED) is 0.678. The molecule has 3 aromatic heterocycles. The number of carbonyl (C=O) groups is 1. The second-order valence-electron chi connectivity index (χ2n) is 8.16. The van der Waals surface area contributed by atoms with E-state index in [2.05, 4.69) is 17.0 Å². The Labute approximate surface area is 169 Å². The molecule has 5 rings (SSSR count). The number of amides is 1. The lowest BCUT2D eigenvalue weighted by molar-refractivity contribution is 0.0563. The molecule has 0 spiro atoms. The molecular weight excluding hydrogens is 368 g/mol. The fourth-order valence-electron chi connectivity index (χ4n) is 4.52. The summed E-state index contributed by atoms with van der Waals surface area (Å²) >= 11 is 0. The number of aromatic nitrogens is 4. The molecule has 1 amide bonds. The highest BCUT2D eigenvalue weighted by Gasteiger charge is 2.32. The molecular formula is C21H26N6O2. The SMILES string of the molecule is Cc1cc(C(=O)N2CCCCC2c2cc3nc(N4CCCC4)c(C)cn3n2)on1. The van der Waals surface area contributed by atoms with E-state index in [4.69, 9.17) is 14.6 Å². The van der Waals surface area contributed by atoms with Crippen molar-refractivity contribution in [3.8, 4) is 0 Å². The first kappa shape index (κ1) is 18.1. The van der Waals surface area contributed by atoms with Crippen molar-refractivity contribution < 1.29 is 9.32 Å². The third-order valence-electron chi connectivity index (χ3n) is 5.97. The van der Waals surface area contributed by atoms with Crippen molar-refractivity contribution in [2.24, 2.45) is 0 Å². The van der Waals surface area contributed by atoms with Crippen LogP contribution in [0.3, 0.4) is 0 Å². The van der Waals surface area contributed by atoms with Gasteiger partial charge in [0.15, 0.2) is 5.65 Å². The van der Waals surface area contributed by atoms with E-state index in [1.54, 1.807) is 6.07 Å². The third kappa shape index (κ3) is 3.26. The highest BCUT2D eigenvalue weighted by molar-refractivity contribution is 5.91. The molecule has 2 aliphatic heterocycles. The molecule has 0 N–H and O–H groups in total. The van der Waals surface area contributed by atoms with Gasteiger partial charge in [0.25, 0.3) is 5.91 Å². The van der Waals surface area contributed by atoms with Gasteiger partial charge >= 0.3 is 0 Å². The summed E-state index contributed by atoms with van der Waals surface area (Å²) in [6.07, 6.45) is 7.44. The minimum absolute atomic E-state index is 0.0705. The minimum atomic E-state index is -0.116. The summed E-state index contributed by atoms with van der Waals surface area (Å²) in [6.45, 7) is 6.73. The second-order valence-corrected chi connectivity index (χ2v) is 8.16. The maximum atomic E-state index is 13.0. The Hall–Kier alpha value is -2.90. The highest BCUT2D eigenvalue weighted by atomic mass is 16.5. The van der Waals surface area contributed by atoms with Crippen LogP contribution in [0.2, 0.25) is 0 Å². The Balaban J connectivity index is 1.48. The maximum absolute atomic E-state index is 13.0. The highest BCUT2D eigenvalue weighted by Crippen LogP contribution is 2.32. The Kier molecular flexibility index (Phi) is 4.49. The van der Waals surface area contributed by atoms with E-state index in [1.807, 2.05) is 28.6 Å². The molecule has 8 heteroatoms. The second kappa shape index (κ2) is 7.17. The van der Waals surface area contributed by atoms with Crippen molar-refractivity contribution in [2.75, 3.05) is 24.5 Å². The molecule has 2 saturated heterocycles. The van der Waals surface area contributed by atoms with Crippen LogP contribution in [0.5, 0.6) is 0 Å². The summed E-state index contributed by atoms with van der Waals surface area (Å²) in [5.41, 5.74) is 3.56. The molecule has 2 aliphatic rings. The summed E-state index contributed by atoms with van der Waals surface area (Å²) in [5, 5.41) is 8.66. The van der Waals surface area contributed by atoms with Crippen LogP contribution in [0.4, 0.5) is 5.82 Å². The monoisotopic (exact) mass is 394 g/mol. The van der Waals surface area contributed by atoms with Crippen molar-refractivity contribution in [3.05, 3.63) is 41.0 Å². The number of carbonyl (C=O) groups excluding carboxylic acids is 1. The number of likely N-dealkylation sites (tertiary alicyclic amines) is 1. The fraction of sp³-hybridized carbons (Fsp3) is 0.524. The van der Waals surface area contributed by atoms with E-state index in [1.165, 1.54) is 12.8 Å². The Morgan fingerprint density at radius 1 is 1.10 bits per heavy atom. The number of hydrogen-bond acceptors (Lipinski definition) is 6. The van der Waals surface area contributed by atoms with Crippen molar-refractivity contribution in [2.45, 2.75) is 52.0 Å². The molecule has 0 radical (unpaired) electrons. The summed E-state index contributed by atoms with van der Waals surface area (Å²) in [7, 11) is 0. The number of piperidine rings is 1. The summed E-state index contributed by atoms with van der Waals surface area (Å²) in [6, 6.07) is 3.66. The van der Waals surface area contributed by atoms with Crippen LogP contribution in [0.1, 0.15) is 65.7 Å². The Morgan fingerprint density at radius 2 is 1.90 bits per heavy atom. The predicted octanol–water partition coefficient (Wildman–Crippen LogP) is 3.30. The van der Waals surface area contributed by atoms with Gasteiger partial charge in [0.05, 0.1) is 17.4 Å².